The van der Waals surface area contributed by atoms with E-state index >= 15 is 0 Å². The average Bonchev–Trinajstić information content (AvgIpc) is 3.23. The summed E-state index contributed by atoms with van der Waals surface area (Å²) in [7, 11) is 0. The highest BCUT2D eigenvalue weighted by atomic mass is 19.1. The number of halogens is 1. The molecule has 21 heavy (non-hydrogen) atoms. The second-order valence-electron chi connectivity index (χ2n) is 5.61. The summed E-state index contributed by atoms with van der Waals surface area (Å²) in [5, 5.41) is 0. The molecule has 2 rings (SSSR count). The molecular weight excluding hydrogens is 271 g/mol. The molecule has 5 heteroatoms. The number of para-hydroxylation sites is 1. The van der Waals surface area contributed by atoms with E-state index in [0.29, 0.717) is 24.6 Å². The van der Waals surface area contributed by atoms with Gasteiger partial charge >= 0.3 is 0 Å². The van der Waals surface area contributed by atoms with Crippen LogP contribution >= 0.6 is 0 Å². The van der Waals surface area contributed by atoms with E-state index in [1.54, 1.807) is 17.0 Å². The fourth-order valence-corrected chi connectivity index (χ4v) is 2.46. The normalized spacial score (nSPS) is 15.6. The molecule has 2 N–H and O–H groups in total. The van der Waals surface area contributed by atoms with Gasteiger partial charge in [-0.2, -0.15) is 0 Å². The summed E-state index contributed by atoms with van der Waals surface area (Å²) in [5.74, 6) is -0.388. The van der Waals surface area contributed by atoms with Crippen LogP contribution in [0.2, 0.25) is 0 Å². The highest BCUT2D eigenvalue weighted by molar-refractivity contribution is 5.78. The Kier molecular flexibility index (Phi) is 5.17. The van der Waals surface area contributed by atoms with E-state index in [1.165, 1.54) is 6.07 Å². The molecule has 0 heterocycles. The van der Waals surface area contributed by atoms with Gasteiger partial charge in [0, 0.05) is 18.6 Å². The highest BCUT2D eigenvalue weighted by Crippen LogP contribution is 2.27. The Balaban J connectivity index is 2.03. The number of likely N-dealkylation sites (N-methyl/N-ethyl adjacent to an activating group) is 1. The monoisotopic (exact) mass is 294 g/mol. The molecule has 0 aliphatic heterocycles. The van der Waals surface area contributed by atoms with Gasteiger partial charge in [-0.15, -0.1) is 0 Å². The Morgan fingerprint density at radius 1 is 1.52 bits per heavy atom. The first-order valence-corrected chi connectivity index (χ1v) is 7.48. The molecule has 0 radical (unpaired) electrons. The number of carbonyl (C=O) groups is 1. The van der Waals surface area contributed by atoms with Gasteiger partial charge in [-0.1, -0.05) is 12.1 Å². The summed E-state index contributed by atoms with van der Waals surface area (Å²) in [6.07, 6.45) is 2.62. The Morgan fingerprint density at radius 2 is 2.24 bits per heavy atom. The van der Waals surface area contributed by atoms with E-state index in [2.05, 4.69) is 0 Å². The first-order valence-electron chi connectivity index (χ1n) is 7.48. The Bertz CT molecular complexity index is 501. The minimum atomic E-state index is -0.449. The molecule has 0 spiro atoms. The quantitative estimate of drug-likeness (QED) is 0.838. The zero-order chi connectivity index (χ0) is 15.4. The summed E-state index contributed by atoms with van der Waals surface area (Å²) in [6, 6.07) is 5.00. The van der Waals surface area contributed by atoms with E-state index in [9.17, 15) is 9.18 Å². The third kappa shape index (κ3) is 4.17. The van der Waals surface area contributed by atoms with Crippen molar-refractivity contribution < 1.29 is 13.9 Å². The van der Waals surface area contributed by atoms with Crippen molar-refractivity contribution in [1.29, 1.82) is 0 Å². The summed E-state index contributed by atoms with van der Waals surface area (Å²) in [5.41, 5.74) is 6.47. The molecule has 0 saturated heterocycles. The predicted octanol–water partition coefficient (Wildman–Crippen LogP) is 2.11. The molecule has 1 atom stereocenters. The molecule has 1 aromatic rings. The minimum Gasteiger partial charge on any atom is -0.480 e. The molecule has 1 amide bonds. The van der Waals surface area contributed by atoms with E-state index in [4.69, 9.17) is 10.5 Å². The summed E-state index contributed by atoms with van der Waals surface area (Å²) >= 11 is 0. The first-order chi connectivity index (χ1) is 10.0. The van der Waals surface area contributed by atoms with E-state index in [1.807, 2.05) is 13.8 Å². The van der Waals surface area contributed by atoms with Crippen LogP contribution in [-0.4, -0.2) is 36.0 Å². The van der Waals surface area contributed by atoms with Gasteiger partial charge in [0.05, 0.1) is 0 Å². The van der Waals surface area contributed by atoms with E-state index in [0.717, 1.165) is 12.8 Å². The van der Waals surface area contributed by atoms with Crippen molar-refractivity contribution in [3.05, 3.63) is 29.6 Å². The van der Waals surface area contributed by atoms with Gasteiger partial charge in [-0.3, -0.25) is 4.79 Å². The first kappa shape index (κ1) is 15.8. The average molecular weight is 294 g/mol. The molecule has 0 aromatic heterocycles. The van der Waals surface area contributed by atoms with Crippen molar-refractivity contribution in [2.45, 2.75) is 45.2 Å². The van der Waals surface area contributed by atoms with Gasteiger partial charge in [0.15, 0.2) is 18.2 Å². The van der Waals surface area contributed by atoms with E-state index < -0.39 is 5.82 Å². The van der Waals surface area contributed by atoms with Crippen molar-refractivity contribution in [3.63, 3.8) is 0 Å². The van der Waals surface area contributed by atoms with Gasteiger partial charge in [-0.05, 0) is 44.7 Å². The molecule has 0 bridgehead atoms. The third-order valence-electron chi connectivity index (χ3n) is 3.58. The number of carbonyl (C=O) groups excluding carboxylic acids is 1. The van der Waals surface area contributed by atoms with Gasteiger partial charge in [0.2, 0.25) is 0 Å². The topological polar surface area (TPSA) is 55.6 Å². The third-order valence-corrected chi connectivity index (χ3v) is 3.58. The number of ether oxygens (including phenoxy) is 1. The number of rotatable bonds is 7. The van der Waals surface area contributed by atoms with Crippen LogP contribution in [0.25, 0.3) is 0 Å². The number of hydrogen-bond donors (Lipinski definition) is 1. The molecule has 4 nitrogen and oxygen atoms in total. The second kappa shape index (κ2) is 6.89. The van der Waals surface area contributed by atoms with Gasteiger partial charge in [0.1, 0.15) is 0 Å². The van der Waals surface area contributed by atoms with Crippen LogP contribution in [0.4, 0.5) is 4.39 Å². The maximum atomic E-state index is 13.9. The van der Waals surface area contributed by atoms with Gasteiger partial charge in [0.25, 0.3) is 5.91 Å². The lowest BCUT2D eigenvalue weighted by molar-refractivity contribution is -0.133. The predicted molar refractivity (Wildman–Crippen MR) is 79.7 cm³/mol. The molecule has 1 fully saturated rings. The van der Waals surface area contributed by atoms with Crippen LogP contribution in [0.15, 0.2) is 18.2 Å². The minimum absolute atomic E-state index is 0.0880. The Hall–Kier alpha value is -1.62. The van der Waals surface area contributed by atoms with Crippen molar-refractivity contribution in [2.24, 2.45) is 5.73 Å². The summed E-state index contributed by atoms with van der Waals surface area (Å²) in [4.78, 5) is 13.9. The van der Waals surface area contributed by atoms with Crippen molar-refractivity contribution in [1.82, 2.24) is 4.90 Å². The fourth-order valence-electron chi connectivity index (χ4n) is 2.46. The van der Waals surface area contributed by atoms with Crippen molar-refractivity contribution in [2.75, 3.05) is 13.2 Å². The lowest BCUT2D eigenvalue weighted by atomic mass is 10.1. The van der Waals surface area contributed by atoms with Crippen LogP contribution < -0.4 is 10.5 Å². The largest absolute Gasteiger partial charge is 0.480 e. The zero-order valence-corrected chi connectivity index (χ0v) is 12.6. The summed E-state index contributed by atoms with van der Waals surface area (Å²) in [6.45, 7) is 4.33. The molecule has 1 saturated carbocycles. The van der Waals surface area contributed by atoms with Crippen LogP contribution in [0.5, 0.6) is 5.75 Å². The van der Waals surface area contributed by atoms with Crippen LogP contribution in [0.1, 0.15) is 32.3 Å². The summed E-state index contributed by atoms with van der Waals surface area (Å²) < 4.78 is 19.4. The van der Waals surface area contributed by atoms with E-state index in [-0.39, 0.29) is 24.3 Å². The van der Waals surface area contributed by atoms with Crippen LogP contribution in [-0.2, 0) is 11.2 Å². The number of amides is 1. The number of hydrogen-bond acceptors (Lipinski definition) is 3. The lowest BCUT2D eigenvalue weighted by Gasteiger charge is -2.21. The Morgan fingerprint density at radius 3 is 2.81 bits per heavy atom. The SMILES string of the molecule is CCN(C(=O)COc1c(F)cccc1CC(C)N)C1CC1. The van der Waals surface area contributed by atoms with Crippen molar-refractivity contribution in [3.8, 4) is 5.75 Å². The maximum absolute atomic E-state index is 13.9. The fraction of sp³-hybridized carbons (Fsp3) is 0.562. The molecule has 1 unspecified atom stereocenters. The molecule has 1 aliphatic carbocycles. The second-order valence-corrected chi connectivity index (χ2v) is 5.61. The highest BCUT2D eigenvalue weighted by Gasteiger charge is 2.31. The van der Waals surface area contributed by atoms with Crippen LogP contribution in [0.3, 0.4) is 0 Å². The van der Waals surface area contributed by atoms with Gasteiger partial charge in [-0.25, -0.2) is 4.39 Å². The number of nitrogens with two attached hydrogens (primary N) is 1. The van der Waals surface area contributed by atoms with Gasteiger partial charge < -0.3 is 15.4 Å². The lowest BCUT2D eigenvalue weighted by Crippen LogP contribution is -2.36. The smallest absolute Gasteiger partial charge is 0.260 e. The molecule has 1 aliphatic rings. The maximum Gasteiger partial charge on any atom is 0.260 e. The van der Waals surface area contributed by atoms with Crippen LogP contribution in [0, 0.1) is 5.82 Å². The Labute approximate surface area is 125 Å². The number of benzene rings is 1. The molecule has 1 aromatic carbocycles. The number of nitrogens with zero attached hydrogens (tertiary/aromatic N) is 1. The standard InChI is InChI=1S/C16H23FN2O2/c1-3-19(13-7-8-13)15(20)10-21-16-12(9-11(2)18)5-4-6-14(16)17/h4-6,11,13H,3,7-10,18H2,1-2H3. The molecular formula is C16H23FN2O2. The molecule has 116 valence electrons. The van der Waals surface area contributed by atoms with Crippen molar-refractivity contribution >= 4 is 5.91 Å². The zero-order valence-electron chi connectivity index (χ0n) is 12.6.